The molecule has 0 N–H and O–H groups in total. The molecule has 4 heteroatoms. The zero-order chi connectivity index (χ0) is 10.6. The highest BCUT2D eigenvalue weighted by molar-refractivity contribution is 5.73. The van der Waals surface area contributed by atoms with Crippen molar-refractivity contribution in [2.45, 2.75) is 45.1 Å². The molecule has 0 saturated carbocycles. The van der Waals surface area contributed by atoms with Crippen LogP contribution in [0.2, 0.25) is 0 Å². The lowest BCUT2D eigenvalue weighted by atomic mass is 10.2. The van der Waals surface area contributed by atoms with E-state index in [0.29, 0.717) is 0 Å². The fourth-order valence-corrected chi connectivity index (χ4v) is 1.97. The molecule has 1 saturated heterocycles. The second-order valence-corrected chi connectivity index (χ2v) is 3.59. The summed E-state index contributed by atoms with van der Waals surface area (Å²) in [6, 6.07) is 0. The highest BCUT2D eigenvalue weighted by atomic mass is 16.5. The standard InChI is InChI=1S/C10H19NO3/c1-8(12)11-9(13-2)6-4-5-7-10(11)14-3/h9-10H,4-7H2,1-3H3/t9-,10-/m1/s1. The van der Waals surface area contributed by atoms with Gasteiger partial charge >= 0.3 is 0 Å². The van der Waals surface area contributed by atoms with Gasteiger partial charge in [0.05, 0.1) is 0 Å². The lowest BCUT2D eigenvalue weighted by Crippen LogP contribution is -2.46. The minimum Gasteiger partial charge on any atom is -0.361 e. The number of carbonyl (C=O) groups is 1. The summed E-state index contributed by atoms with van der Waals surface area (Å²) in [5, 5.41) is 0. The Bertz CT molecular complexity index is 182. The Morgan fingerprint density at radius 1 is 1.14 bits per heavy atom. The van der Waals surface area contributed by atoms with E-state index in [0.717, 1.165) is 25.7 Å². The zero-order valence-electron chi connectivity index (χ0n) is 9.16. The maximum Gasteiger partial charge on any atom is 0.223 e. The Hall–Kier alpha value is -0.610. The molecule has 1 aliphatic rings. The molecule has 1 rings (SSSR count). The van der Waals surface area contributed by atoms with Crippen molar-refractivity contribution in [2.24, 2.45) is 0 Å². The number of amides is 1. The molecule has 1 heterocycles. The third-order valence-corrected chi connectivity index (χ3v) is 2.68. The van der Waals surface area contributed by atoms with Crippen molar-refractivity contribution < 1.29 is 14.3 Å². The second kappa shape index (κ2) is 5.32. The van der Waals surface area contributed by atoms with Gasteiger partial charge < -0.3 is 9.47 Å². The van der Waals surface area contributed by atoms with E-state index in [4.69, 9.17) is 9.47 Å². The van der Waals surface area contributed by atoms with Crippen LogP contribution in [0.1, 0.15) is 32.6 Å². The minimum atomic E-state index is -0.125. The fraction of sp³-hybridized carbons (Fsp3) is 0.900. The van der Waals surface area contributed by atoms with Crippen molar-refractivity contribution in [1.29, 1.82) is 0 Å². The number of methoxy groups -OCH3 is 2. The SMILES string of the molecule is CO[C@@H]1CCCC[C@@H](OC)N1C(C)=O. The van der Waals surface area contributed by atoms with Crippen molar-refractivity contribution in [3.63, 3.8) is 0 Å². The summed E-state index contributed by atoms with van der Waals surface area (Å²) >= 11 is 0. The van der Waals surface area contributed by atoms with Gasteiger partial charge in [0, 0.05) is 21.1 Å². The van der Waals surface area contributed by atoms with E-state index in [1.807, 2.05) is 0 Å². The average Bonchev–Trinajstić information content (AvgIpc) is 2.38. The zero-order valence-corrected chi connectivity index (χ0v) is 9.16. The van der Waals surface area contributed by atoms with Crippen LogP contribution < -0.4 is 0 Å². The monoisotopic (exact) mass is 201 g/mol. The molecule has 2 atom stereocenters. The maximum atomic E-state index is 11.5. The summed E-state index contributed by atoms with van der Waals surface area (Å²) < 4.78 is 10.6. The summed E-state index contributed by atoms with van der Waals surface area (Å²) in [6.45, 7) is 1.56. The van der Waals surface area contributed by atoms with Gasteiger partial charge in [-0.3, -0.25) is 9.69 Å². The molecule has 82 valence electrons. The van der Waals surface area contributed by atoms with Gasteiger partial charge in [0.15, 0.2) is 0 Å². The number of nitrogens with zero attached hydrogens (tertiary/aromatic N) is 1. The molecule has 0 aliphatic carbocycles. The maximum absolute atomic E-state index is 11.5. The molecule has 0 aromatic carbocycles. The van der Waals surface area contributed by atoms with Crippen LogP contribution in [0, 0.1) is 0 Å². The molecule has 0 aromatic heterocycles. The van der Waals surface area contributed by atoms with Crippen LogP contribution in [0.3, 0.4) is 0 Å². The number of ether oxygens (including phenoxy) is 2. The summed E-state index contributed by atoms with van der Waals surface area (Å²) in [5.41, 5.74) is 0. The Labute approximate surface area is 85.2 Å². The number of hydrogen-bond acceptors (Lipinski definition) is 3. The van der Waals surface area contributed by atoms with E-state index in [2.05, 4.69) is 0 Å². The van der Waals surface area contributed by atoms with Crippen LogP contribution >= 0.6 is 0 Å². The highest BCUT2D eigenvalue weighted by Crippen LogP contribution is 2.22. The normalized spacial score (nSPS) is 28.6. The van der Waals surface area contributed by atoms with Gasteiger partial charge in [-0.1, -0.05) is 0 Å². The van der Waals surface area contributed by atoms with E-state index < -0.39 is 0 Å². The van der Waals surface area contributed by atoms with E-state index >= 15 is 0 Å². The van der Waals surface area contributed by atoms with Crippen molar-refractivity contribution in [2.75, 3.05) is 14.2 Å². The third kappa shape index (κ3) is 2.45. The van der Waals surface area contributed by atoms with Gasteiger partial charge in [-0.05, 0) is 25.7 Å². The van der Waals surface area contributed by atoms with Crippen molar-refractivity contribution in [1.82, 2.24) is 4.90 Å². The summed E-state index contributed by atoms with van der Waals surface area (Å²) in [6.07, 6.45) is 3.72. The molecular formula is C10H19NO3. The van der Waals surface area contributed by atoms with Crippen LogP contribution in [-0.2, 0) is 14.3 Å². The van der Waals surface area contributed by atoms with E-state index in [-0.39, 0.29) is 18.4 Å². The summed E-state index contributed by atoms with van der Waals surface area (Å²) in [5.74, 6) is 0.0191. The Morgan fingerprint density at radius 2 is 1.57 bits per heavy atom. The molecule has 0 spiro atoms. The molecule has 14 heavy (non-hydrogen) atoms. The summed E-state index contributed by atoms with van der Waals surface area (Å²) in [4.78, 5) is 13.2. The highest BCUT2D eigenvalue weighted by Gasteiger charge is 2.30. The number of hydrogen-bond donors (Lipinski definition) is 0. The van der Waals surface area contributed by atoms with Crippen molar-refractivity contribution >= 4 is 5.91 Å². The fourth-order valence-electron chi connectivity index (χ4n) is 1.97. The number of rotatable bonds is 2. The number of likely N-dealkylation sites (tertiary alicyclic amines) is 1. The van der Waals surface area contributed by atoms with Crippen LogP contribution in [0.4, 0.5) is 0 Å². The molecule has 0 unspecified atom stereocenters. The topological polar surface area (TPSA) is 38.8 Å². The molecule has 1 fully saturated rings. The van der Waals surface area contributed by atoms with Gasteiger partial charge in [-0.15, -0.1) is 0 Å². The predicted octanol–water partition coefficient (Wildman–Crippen LogP) is 1.35. The van der Waals surface area contributed by atoms with Crippen LogP contribution in [-0.4, -0.2) is 37.5 Å². The van der Waals surface area contributed by atoms with Gasteiger partial charge in [-0.2, -0.15) is 0 Å². The number of carbonyl (C=O) groups excluding carboxylic acids is 1. The van der Waals surface area contributed by atoms with Crippen LogP contribution in [0.5, 0.6) is 0 Å². The first-order chi connectivity index (χ1) is 6.70. The lowest BCUT2D eigenvalue weighted by molar-refractivity contribution is -0.165. The Morgan fingerprint density at radius 3 is 1.86 bits per heavy atom. The Balaban J connectivity index is 2.77. The minimum absolute atomic E-state index is 0.0191. The summed E-state index contributed by atoms with van der Waals surface area (Å²) in [7, 11) is 3.28. The predicted molar refractivity (Wildman–Crippen MR) is 52.6 cm³/mol. The molecule has 0 bridgehead atoms. The quantitative estimate of drug-likeness (QED) is 0.677. The first kappa shape index (κ1) is 11.5. The molecular weight excluding hydrogens is 182 g/mol. The van der Waals surface area contributed by atoms with Gasteiger partial charge in [0.25, 0.3) is 0 Å². The van der Waals surface area contributed by atoms with Gasteiger partial charge in [0.1, 0.15) is 12.5 Å². The molecule has 0 radical (unpaired) electrons. The van der Waals surface area contributed by atoms with E-state index in [9.17, 15) is 4.79 Å². The van der Waals surface area contributed by atoms with Crippen LogP contribution in [0.15, 0.2) is 0 Å². The van der Waals surface area contributed by atoms with Crippen molar-refractivity contribution in [3.05, 3.63) is 0 Å². The molecule has 1 aliphatic heterocycles. The smallest absolute Gasteiger partial charge is 0.223 e. The third-order valence-electron chi connectivity index (χ3n) is 2.68. The van der Waals surface area contributed by atoms with Gasteiger partial charge in [-0.25, -0.2) is 0 Å². The largest absolute Gasteiger partial charge is 0.361 e. The van der Waals surface area contributed by atoms with E-state index in [1.165, 1.54) is 0 Å². The second-order valence-electron chi connectivity index (χ2n) is 3.59. The average molecular weight is 201 g/mol. The lowest BCUT2D eigenvalue weighted by Gasteiger charge is -2.33. The molecule has 1 amide bonds. The Kier molecular flexibility index (Phi) is 4.35. The van der Waals surface area contributed by atoms with Crippen LogP contribution in [0.25, 0.3) is 0 Å². The molecule has 4 nitrogen and oxygen atoms in total. The van der Waals surface area contributed by atoms with Gasteiger partial charge in [0.2, 0.25) is 5.91 Å². The first-order valence-corrected chi connectivity index (χ1v) is 5.05. The first-order valence-electron chi connectivity index (χ1n) is 5.05. The van der Waals surface area contributed by atoms with Crippen molar-refractivity contribution in [3.8, 4) is 0 Å². The molecule has 0 aromatic rings. The van der Waals surface area contributed by atoms with E-state index in [1.54, 1.807) is 26.0 Å².